The summed E-state index contributed by atoms with van der Waals surface area (Å²) in [5, 5.41) is 0. The molecule has 1 aromatic carbocycles. The third kappa shape index (κ3) is 2.81. The Bertz CT molecular complexity index is 441. The molecule has 0 atom stereocenters. The topological polar surface area (TPSA) is 46.3 Å². The molecule has 0 spiro atoms. The second-order valence-electron chi connectivity index (χ2n) is 5.07. The van der Waals surface area contributed by atoms with E-state index in [-0.39, 0.29) is 11.5 Å². The zero-order valence-corrected chi connectivity index (χ0v) is 10.7. The third-order valence-corrected chi connectivity index (χ3v) is 3.60. The first kappa shape index (κ1) is 12.9. The van der Waals surface area contributed by atoms with Gasteiger partial charge in [0.2, 0.25) is 0 Å². The Morgan fingerprint density at radius 3 is 2.78 bits per heavy atom. The van der Waals surface area contributed by atoms with Crippen molar-refractivity contribution in [3.63, 3.8) is 0 Å². The molecule has 98 valence electrons. The van der Waals surface area contributed by atoms with E-state index in [1.165, 1.54) is 43.9 Å². The molecule has 1 aliphatic rings. The average molecular weight is 250 g/mol. The fourth-order valence-corrected chi connectivity index (χ4v) is 2.58. The van der Waals surface area contributed by atoms with Crippen molar-refractivity contribution < 1.29 is 9.18 Å². The van der Waals surface area contributed by atoms with Crippen LogP contribution in [0.1, 0.15) is 36.0 Å². The summed E-state index contributed by atoms with van der Waals surface area (Å²) in [4.78, 5) is 13.8. The number of carbonyl (C=O) groups is 1. The Labute approximate surface area is 107 Å². The van der Waals surface area contributed by atoms with Gasteiger partial charge < -0.3 is 10.6 Å². The summed E-state index contributed by atoms with van der Waals surface area (Å²) in [6.07, 6.45) is 4.84. The number of anilines is 1. The highest BCUT2D eigenvalue weighted by Crippen LogP contribution is 2.26. The van der Waals surface area contributed by atoms with Gasteiger partial charge in [0.15, 0.2) is 0 Å². The molecule has 4 heteroatoms. The highest BCUT2D eigenvalue weighted by atomic mass is 19.1. The van der Waals surface area contributed by atoms with Crippen molar-refractivity contribution in [3.8, 4) is 0 Å². The number of halogens is 1. The summed E-state index contributed by atoms with van der Waals surface area (Å²) in [7, 11) is 1.75. The molecule has 1 aromatic rings. The van der Waals surface area contributed by atoms with Crippen LogP contribution in [0.25, 0.3) is 0 Å². The minimum atomic E-state index is -0.429. The molecule has 1 saturated carbocycles. The fourth-order valence-electron chi connectivity index (χ4n) is 2.58. The predicted octanol–water partition coefficient (Wildman–Crippen LogP) is 2.67. The number of hydrogen-bond donors (Lipinski definition) is 1. The van der Waals surface area contributed by atoms with Crippen molar-refractivity contribution in [2.45, 2.75) is 25.7 Å². The monoisotopic (exact) mass is 250 g/mol. The number of rotatable bonds is 3. The van der Waals surface area contributed by atoms with E-state index < -0.39 is 5.82 Å². The Morgan fingerprint density at radius 1 is 1.44 bits per heavy atom. The van der Waals surface area contributed by atoms with Crippen LogP contribution in [-0.4, -0.2) is 24.4 Å². The van der Waals surface area contributed by atoms with Crippen molar-refractivity contribution in [2.24, 2.45) is 5.92 Å². The fraction of sp³-hybridized carbons (Fsp3) is 0.500. The molecule has 1 amide bonds. The first-order chi connectivity index (χ1) is 8.58. The minimum Gasteiger partial charge on any atom is -0.398 e. The maximum atomic E-state index is 13.1. The first-order valence-corrected chi connectivity index (χ1v) is 6.38. The standard InChI is InChI=1S/C14H19FN2O/c1-17(9-10-4-2-3-5-10)14(18)12-8-11(15)6-7-13(12)16/h6-8,10H,2-5,9,16H2,1H3. The van der Waals surface area contributed by atoms with E-state index in [0.29, 0.717) is 11.6 Å². The molecule has 18 heavy (non-hydrogen) atoms. The smallest absolute Gasteiger partial charge is 0.255 e. The highest BCUT2D eigenvalue weighted by molar-refractivity contribution is 5.98. The Hall–Kier alpha value is -1.58. The molecular formula is C14H19FN2O. The van der Waals surface area contributed by atoms with Crippen LogP contribution >= 0.6 is 0 Å². The van der Waals surface area contributed by atoms with Crippen LogP contribution in [0.15, 0.2) is 18.2 Å². The molecule has 0 aromatic heterocycles. The lowest BCUT2D eigenvalue weighted by Crippen LogP contribution is -2.31. The number of carbonyl (C=O) groups excluding carboxylic acids is 1. The summed E-state index contributed by atoms with van der Waals surface area (Å²) in [6, 6.07) is 3.91. The number of hydrogen-bond acceptors (Lipinski definition) is 2. The largest absolute Gasteiger partial charge is 0.398 e. The van der Waals surface area contributed by atoms with E-state index in [9.17, 15) is 9.18 Å². The van der Waals surface area contributed by atoms with Gasteiger partial charge in [-0.1, -0.05) is 12.8 Å². The summed E-state index contributed by atoms with van der Waals surface area (Å²) in [5.74, 6) is -0.0468. The SMILES string of the molecule is CN(CC1CCCC1)C(=O)c1cc(F)ccc1N. The lowest BCUT2D eigenvalue weighted by molar-refractivity contribution is 0.0774. The molecule has 0 unspecified atom stereocenters. The Morgan fingerprint density at radius 2 is 2.11 bits per heavy atom. The average Bonchev–Trinajstić information content (AvgIpc) is 2.84. The van der Waals surface area contributed by atoms with Gasteiger partial charge in [0, 0.05) is 19.3 Å². The summed E-state index contributed by atoms with van der Waals surface area (Å²) < 4.78 is 13.1. The molecule has 1 aliphatic carbocycles. The summed E-state index contributed by atoms with van der Waals surface area (Å²) in [6.45, 7) is 0.731. The predicted molar refractivity (Wildman–Crippen MR) is 69.7 cm³/mol. The van der Waals surface area contributed by atoms with Gasteiger partial charge in [-0.2, -0.15) is 0 Å². The lowest BCUT2D eigenvalue weighted by Gasteiger charge is -2.21. The quantitative estimate of drug-likeness (QED) is 0.838. The van der Waals surface area contributed by atoms with Crippen LogP contribution < -0.4 is 5.73 Å². The van der Waals surface area contributed by atoms with Gasteiger partial charge in [-0.3, -0.25) is 4.79 Å². The number of amides is 1. The van der Waals surface area contributed by atoms with E-state index in [4.69, 9.17) is 5.73 Å². The summed E-state index contributed by atoms with van der Waals surface area (Å²) >= 11 is 0. The van der Waals surface area contributed by atoms with E-state index in [0.717, 1.165) is 6.54 Å². The van der Waals surface area contributed by atoms with Gasteiger partial charge in [-0.05, 0) is 37.0 Å². The molecule has 2 N–H and O–H groups in total. The van der Waals surface area contributed by atoms with Crippen LogP contribution in [-0.2, 0) is 0 Å². The molecule has 0 radical (unpaired) electrons. The van der Waals surface area contributed by atoms with Crippen molar-refractivity contribution in [1.82, 2.24) is 4.90 Å². The van der Waals surface area contributed by atoms with Gasteiger partial charge in [0.25, 0.3) is 5.91 Å². The van der Waals surface area contributed by atoms with Crippen LogP contribution in [0.3, 0.4) is 0 Å². The second-order valence-corrected chi connectivity index (χ2v) is 5.07. The van der Waals surface area contributed by atoms with Gasteiger partial charge in [0.05, 0.1) is 5.56 Å². The van der Waals surface area contributed by atoms with Crippen LogP contribution in [0.2, 0.25) is 0 Å². The van der Waals surface area contributed by atoms with Crippen molar-refractivity contribution in [3.05, 3.63) is 29.6 Å². The molecule has 2 rings (SSSR count). The Kier molecular flexibility index (Phi) is 3.84. The normalized spacial score (nSPS) is 15.9. The second kappa shape index (κ2) is 5.38. The molecule has 0 heterocycles. The molecule has 1 fully saturated rings. The van der Waals surface area contributed by atoms with Crippen LogP contribution in [0.4, 0.5) is 10.1 Å². The minimum absolute atomic E-state index is 0.195. The maximum Gasteiger partial charge on any atom is 0.255 e. The van der Waals surface area contributed by atoms with E-state index >= 15 is 0 Å². The zero-order valence-electron chi connectivity index (χ0n) is 10.7. The van der Waals surface area contributed by atoms with Gasteiger partial charge in [-0.25, -0.2) is 4.39 Å². The van der Waals surface area contributed by atoms with E-state index in [1.54, 1.807) is 11.9 Å². The van der Waals surface area contributed by atoms with Crippen molar-refractivity contribution in [2.75, 3.05) is 19.3 Å². The number of nitrogen functional groups attached to an aromatic ring is 1. The number of benzene rings is 1. The van der Waals surface area contributed by atoms with Gasteiger partial charge in [0.1, 0.15) is 5.82 Å². The highest BCUT2D eigenvalue weighted by Gasteiger charge is 2.21. The Balaban J connectivity index is 2.07. The molecule has 0 saturated heterocycles. The summed E-state index contributed by atoms with van der Waals surface area (Å²) in [5.41, 5.74) is 6.31. The van der Waals surface area contributed by atoms with Crippen molar-refractivity contribution >= 4 is 11.6 Å². The van der Waals surface area contributed by atoms with Gasteiger partial charge >= 0.3 is 0 Å². The number of nitrogens with two attached hydrogens (primary N) is 1. The molecule has 0 bridgehead atoms. The third-order valence-electron chi connectivity index (χ3n) is 3.60. The lowest BCUT2D eigenvalue weighted by atomic mass is 10.1. The molecule has 3 nitrogen and oxygen atoms in total. The molecule has 0 aliphatic heterocycles. The maximum absolute atomic E-state index is 13.1. The van der Waals surface area contributed by atoms with Crippen molar-refractivity contribution in [1.29, 1.82) is 0 Å². The molecular weight excluding hydrogens is 231 g/mol. The van der Waals surface area contributed by atoms with Crippen LogP contribution in [0, 0.1) is 11.7 Å². The van der Waals surface area contributed by atoms with Gasteiger partial charge in [-0.15, -0.1) is 0 Å². The zero-order chi connectivity index (χ0) is 13.1. The van der Waals surface area contributed by atoms with E-state index in [1.807, 2.05) is 0 Å². The van der Waals surface area contributed by atoms with E-state index in [2.05, 4.69) is 0 Å². The first-order valence-electron chi connectivity index (χ1n) is 6.38. The van der Waals surface area contributed by atoms with Crippen LogP contribution in [0.5, 0.6) is 0 Å². The number of nitrogens with zero attached hydrogens (tertiary/aromatic N) is 1.